The van der Waals surface area contributed by atoms with E-state index in [1.165, 1.54) is 12.0 Å². The van der Waals surface area contributed by atoms with Crippen LogP contribution >= 0.6 is 0 Å². The molecule has 0 aliphatic carbocycles. The molecular formula is C29H29NO5. The third kappa shape index (κ3) is 4.52. The number of methoxy groups -OCH3 is 2. The Labute approximate surface area is 205 Å². The van der Waals surface area contributed by atoms with Gasteiger partial charge in [0.1, 0.15) is 17.3 Å². The van der Waals surface area contributed by atoms with Crippen molar-refractivity contribution in [3.05, 3.63) is 99.6 Å². The van der Waals surface area contributed by atoms with E-state index in [0.717, 1.165) is 27.8 Å². The highest BCUT2D eigenvalue weighted by atomic mass is 16.5. The minimum absolute atomic E-state index is 0.0480. The highest BCUT2D eigenvalue weighted by Crippen LogP contribution is 2.42. The van der Waals surface area contributed by atoms with E-state index in [2.05, 4.69) is 0 Å². The van der Waals surface area contributed by atoms with Gasteiger partial charge in [0, 0.05) is 6.54 Å². The Hall–Kier alpha value is -4.06. The van der Waals surface area contributed by atoms with E-state index >= 15 is 0 Å². The Kier molecular flexibility index (Phi) is 6.65. The van der Waals surface area contributed by atoms with Crippen LogP contribution in [0.15, 0.2) is 66.2 Å². The molecule has 0 aromatic heterocycles. The second kappa shape index (κ2) is 9.66. The molecule has 0 spiro atoms. The Balaban J connectivity index is 1.92. The molecule has 1 fully saturated rings. The fourth-order valence-corrected chi connectivity index (χ4v) is 4.74. The maximum Gasteiger partial charge on any atom is 0.295 e. The van der Waals surface area contributed by atoms with Crippen molar-refractivity contribution in [3.8, 4) is 11.5 Å². The van der Waals surface area contributed by atoms with Crippen LogP contribution in [0, 0.1) is 20.8 Å². The highest BCUT2D eigenvalue weighted by Gasteiger charge is 2.46. The number of rotatable bonds is 6. The zero-order valence-corrected chi connectivity index (χ0v) is 20.6. The Morgan fingerprint density at radius 1 is 0.914 bits per heavy atom. The van der Waals surface area contributed by atoms with Crippen molar-refractivity contribution in [2.24, 2.45) is 0 Å². The number of ether oxygens (including phenoxy) is 2. The van der Waals surface area contributed by atoms with E-state index in [0.29, 0.717) is 17.1 Å². The molecule has 1 atom stereocenters. The quantitative estimate of drug-likeness (QED) is 0.302. The standard InChI is InChI=1S/C29H29NO5/c1-17-8-6-10-21(13-17)25-24(26(31)23-14-18(2)12-19(3)28(23)35-5)27(32)29(33)30(25)16-20-9-7-11-22(15-20)34-4/h6-15,25,31H,16H2,1-5H3/b26-24+. The summed E-state index contributed by atoms with van der Waals surface area (Å²) in [6, 6.07) is 18.0. The molecule has 35 heavy (non-hydrogen) atoms. The van der Waals surface area contributed by atoms with Crippen molar-refractivity contribution >= 4 is 17.4 Å². The van der Waals surface area contributed by atoms with Crippen molar-refractivity contribution in [1.29, 1.82) is 0 Å². The number of nitrogens with zero attached hydrogens (tertiary/aromatic N) is 1. The average molecular weight is 472 g/mol. The van der Waals surface area contributed by atoms with E-state index in [4.69, 9.17) is 9.47 Å². The molecule has 1 N–H and O–H groups in total. The number of Topliss-reactive ketones (excluding diaryl/α,β-unsaturated/α-hetero) is 1. The predicted octanol–water partition coefficient (Wildman–Crippen LogP) is 5.25. The first kappa shape index (κ1) is 24.1. The Bertz CT molecular complexity index is 1340. The number of ketones is 1. The third-order valence-corrected chi connectivity index (χ3v) is 6.26. The first-order valence-electron chi connectivity index (χ1n) is 11.4. The van der Waals surface area contributed by atoms with Gasteiger partial charge in [0.25, 0.3) is 11.7 Å². The summed E-state index contributed by atoms with van der Waals surface area (Å²) in [6.07, 6.45) is 0. The van der Waals surface area contributed by atoms with Crippen LogP contribution in [0.4, 0.5) is 0 Å². The SMILES string of the molecule is COc1cccc(CN2C(=O)C(=O)/C(=C(/O)c3cc(C)cc(C)c3OC)C2c2cccc(C)c2)c1. The summed E-state index contributed by atoms with van der Waals surface area (Å²) in [6.45, 7) is 5.91. The lowest BCUT2D eigenvalue weighted by Gasteiger charge is -2.26. The van der Waals surface area contributed by atoms with E-state index < -0.39 is 17.7 Å². The first-order valence-corrected chi connectivity index (χ1v) is 11.4. The van der Waals surface area contributed by atoms with Gasteiger partial charge in [-0.1, -0.05) is 48.0 Å². The lowest BCUT2D eigenvalue weighted by Crippen LogP contribution is -2.29. The predicted molar refractivity (Wildman–Crippen MR) is 134 cm³/mol. The number of benzene rings is 3. The van der Waals surface area contributed by atoms with Crippen LogP contribution in [0.25, 0.3) is 5.76 Å². The van der Waals surface area contributed by atoms with E-state index in [1.807, 2.05) is 75.4 Å². The number of hydrogen-bond acceptors (Lipinski definition) is 5. The molecule has 0 bridgehead atoms. The number of likely N-dealkylation sites (tertiary alicyclic amines) is 1. The van der Waals surface area contributed by atoms with Gasteiger partial charge >= 0.3 is 0 Å². The minimum Gasteiger partial charge on any atom is -0.507 e. The maximum absolute atomic E-state index is 13.4. The van der Waals surface area contributed by atoms with Crippen molar-refractivity contribution in [2.45, 2.75) is 33.4 Å². The van der Waals surface area contributed by atoms with Crippen molar-refractivity contribution < 1.29 is 24.2 Å². The largest absolute Gasteiger partial charge is 0.507 e. The molecule has 1 saturated heterocycles. The summed E-state index contributed by atoms with van der Waals surface area (Å²) in [5.41, 5.74) is 4.71. The fraction of sp³-hybridized carbons (Fsp3) is 0.241. The number of carbonyl (C=O) groups is 2. The molecule has 1 aliphatic heterocycles. The van der Waals surface area contributed by atoms with Crippen molar-refractivity contribution in [1.82, 2.24) is 4.90 Å². The van der Waals surface area contributed by atoms with E-state index in [-0.39, 0.29) is 17.9 Å². The number of hydrogen-bond donors (Lipinski definition) is 1. The molecule has 1 unspecified atom stereocenters. The van der Waals surface area contributed by atoms with Gasteiger partial charge in [-0.2, -0.15) is 0 Å². The molecule has 3 aromatic rings. The summed E-state index contributed by atoms with van der Waals surface area (Å²) in [4.78, 5) is 28.2. The van der Waals surface area contributed by atoms with Crippen LogP contribution in [0.5, 0.6) is 11.5 Å². The van der Waals surface area contributed by atoms with E-state index in [9.17, 15) is 14.7 Å². The number of aliphatic hydroxyl groups excluding tert-OH is 1. The molecule has 3 aromatic carbocycles. The molecule has 4 rings (SSSR count). The topological polar surface area (TPSA) is 76.1 Å². The van der Waals surface area contributed by atoms with Gasteiger partial charge in [-0.25, -0.2) is 0 Å². The molecule has 0 radical (unpaired) electrons. The van der Waals surface area contributed by atoms with Gasteiger partial charge in [0.05, 0.1) is 31.4 Å². The van der Waals surface area contributed by atoms with Gasteiger partial charge in [0.2, 0.25) is 0 Å². The normalized spacial score (nSPS) is 17.1. The second-order valence-electron chi connectivity index (χ2n) is 8.86. The molecule has 0 saturated carbocycles. The van der Waals surface area contributed by atoms with Crippen molar-refractivity contribution in [3.63, 3.8) is 0 Å². The van der Waals surface area contributed by atoms with Crippen LogP contribution in [0.1, 0.15) is 39.4 Å². The van der Waals surface area contributed by atoms with Crippen LogP contribution in [-0.2, 0) is 16.1 Å². The summed E-state index contributed by atoms with van der Waals surface area (Å²) >= 11 is 0. The maximum atomic E-state index is 13.4. The average Bonchev–Trinajstić information content (AvgIpc) is 3.08. The Morgan fingerprint density at radius 2 is 1.66 bits per heavy atom. The molecular weight excluding hydrogens is 442 g/mol. The van der Waals surface area contributed by atoms with E-state index in [1.54, 1.807) is 13.2 Å². The minimum atomic E-state index is -0.758. The van der Waals surface area contributed by atoms with Crippen molar-refractivity contribution in [2.75, 3.05) is 14.2 Å². The van der Waals surface area contributed by atoms with Gasteiger partial charge in [-0.15, -0.1) is 0 Å². The molecule has 180 valence electrons. The number of carbonyl (C=O) groups excluding carboxylic acids is 2. The zero-order chi connectivity index (χ0) is 25.3. The third-order valence-electron chi connectivity index (χ3n) is 6.26. The molecule has 1 heterocycles. The summed E-state index contributed by atoms with van der Waals surface area (Å²) in [5, 5.41) is 11.5. The number of aryl methyl sites for hydroxylation is 3. The lowest BCUT2D eigenvalue weighted by molar-refractivity contribution is -0.140. The molecule has 1 amide bonds. The van der Waals surface area contributed by atoms with Gasteiger partial charge < -0.3 is 19.5 Å². The molecule has 6 nitrogen and oxygen atoms in total. The lowest BCUT2D eigenvalue weighted by atomic mass is 9.93. The number of aliphatic hydroxyl groups is 1. The fourth-order valence-electron chi connectivity index (χ4n) is 4.74. The summed E-state index contributed by atoms with van der Waals surface area (Å²) in [7, 11) is 3.10. The van der Waals surface area contributed by atoms with Gasteiger partial charge in [-0.3, -0.25) is 9.59 Å². The van der Waals surface area contributed by atoms with Gasteiger partial charge in [0.15, 0.2) is 0 Å². The highest BCUT2D eigenvalue weighted by molar-refractivity contribution is 6.46. The molecule has 6 heteroatoms. The van der Waals surface area contributed by atoms with Crippen LogP contribution in [0.2, 0.25) is 0 Å². The smallest absolute Gasteiger partial charge is 0.295 e. The van der Waals surface area contributed by atoms with Gasteiger partial charge in [-0.05, 0) is 61.2 Å². The monoisotopic (exact) mass is 471 g/mol. The number of amides is 1. The van der Waals surface area contributed by atoms with Crippen LogP contribution in [-0.4, -0.2) is 35.9 Å². The van der Waals surface area contributed by atoms with Crippen LogP contribution < -0.4 is 9.47 Å². The Morgan fingerprint density at radius 3 is 2.34 bits per heavy atom. The zero-order valence-electron chi connectivity index (χ0n) is 20.6. The van der Waals surface area contributed by atoms with Crippen LogP contribution in [0.3, 0.4) is 0 Å². The second-order valence-corrected chi connectivity index (χ2v) is 8.86. The molecule has 1 aliphatic rings. The first-order chi connectivity index (χ1) is 16.7. The summed E-state index contributed by atoms with van der Waals surface area (Å²) < 4.78 is 10.9. The summed E-state index contributed by atoms with van der Waals surface area (Å²) in [5.74, 6) is -0.504.